The summed E-state index contributed by atoms with van der Waals surface area (Å²) in [4.78, 5) is 0. The first-order chi connectivity index (χ1) is 11.7. The van der Waals surface area contributed by atoms with E-state index in [-0.39, 0.29) is 6.61 Å². The molecule has 1 aliphatic heterocycles. The molecule has 1 saturated heterocycles. The van der Waals surface area contributed by atoms with Crippen molar-refractivity contribution in [3.63, 3.8) is 0 Å². The Morgan fingerprint density at radius 1 is 0.875 bits per heavy atom. The minimum atomic E-state index is -0.00484. The van der Waals surface area contributed by atoms with Crippen LogP contribution in [0.2, 0.25) is 0 Å². The van der Waals surface area contributed by atoms with Crippen LogP contribution in [-0.2, 0) is 6.61 Å². The molecule has 4 heteroatoms. The van der Waals surface area contributed by atoms with Crippen molar-refractivity contribution >= 4 is 5.69 Å². The van der Waals surface area contributed by atoms with E-state index in [0.717, 1.165) is 29.8 Å². The van der Waals surface area contributed by atoms with Crippen molar-refractivity contribution in [3.8, 4) is 11.8 Å². The van der Waals surface area contributed by atoms with Gasteiger partial charge in [-0.3, -0.25) is 5.84 Å². The summed E-state index contributed by atoms with van der Waals surface area (Å²) in [6.45, 7) is 2.19. The first-order valence-electron chi connectivity index (χ1n) is 8.25. The molecule has 0 amide bonds. The van der Waals surface area contributed by atoms with Crippen LogP contribution in [0.5, 0.6) is 0 Å². The Balaban J connectivity index is 0.000000249. The van der Waals surface area contributed by atoms with Crippen molar-refractivity contribution in [1.29, 1.82) is 0 Å². The van der Waals surface area contributed by atoms with E-state index in [0.29, 0.717) is 5.69 Å². The second kappa shape index (κ2) is 9.74. The number of para-hydroxylation sites is 1. The monoisotopic (exact) mass is 323 g/mol. The van der Waals surface area contributed by atoms with Gasteiger partial charge in [0.15, 0.2) is 0 Å². The Bertz CT molecular complexity index is 697. The Morgan fingerprint density at radius 3 is 2.04 bits per heavy atom. The highest BCUT2D eigenvalue weighted by atomic mass is 16.3. The molecular formula is C20H25N3O. The number of benzene rings is 2. The maximum absolute atomic E-state index is 9.18. The number of aliphatic hydroxyl groups excluding tert-OH is 1. The topological polar surface area (TPSA) is 75.5 Å². The number of hydrazine groups is 1. The van der Waals surface area contributed by atoms with E-state index >= 15 is 0 Å². The molecule has 2 aromatic rings. The Kier molecular flexibility index (Phi) is 7.31. The van der Waals surface area contributed by atoms with Crippen molar-refractivity contribution in [3.05, 3.63) is 65.2 Å². The molecular weight excluding hydrogens is 298 g/mol. The zero-order valence-electron chi connectivity index (χ0n) is 13.9. The van der Waals surface area contributed by atoms with Gasteiger partial charge in [-0.05, 0) is 36.6 Å². The fourth-order valence-corrected chi connectivity index (χ4v) is 2.44. The molecule has 1 aliphatic rings. The van der Waals surface area contributed by atoms with Gasteiger partial charge in [0.05, 0.1) is 6.61 Å². The third-order valence-corrected chi connectivity index (χ3v) is 3.87. The summed E-state index contributed by atoms with van der Waals surface area (Å²) in [7, 11) is 0. The third kappa shape index (κ3) is 5.71. The van der Waals surface area contributed by atoms with Gasteiger partial charge in [-0.1, -0.05) is 48.6 Å². The molecule has 0 aromatic heterocycles. The lowest BCUT2D eigenvalue weighted by Crippen LogP contribution is -2.35. The number of hydrogen-bond acceptors (Lipinski definition) is 4. The quantitative estimate of drug-likeness (QED) is 0.428. The highest BCUT2D eigenvalue weighted by Crippen LogP contribution is 2.10. The van der Waals surface area contributed by atoms with E-state index in [1.165, 1.54) is 19.3 Å². The molecule has 1 fully saturated rings. The van der Waals surface area contributed by atoms with Crippen molar-refractivity contribution in [2.45, 2.75) is 25.9 Å². The molecule has 1 heterocycles. The predicted molar refractivity (Wildman–Crippen MR) is 98.8 cm³/mol. The molecule has 5 N–H and O–H groups in total. The predicted octanol–water partition coefficient (Wildman–Crippen LogP) is 2.51. The number of aliphatic hydroxyl groups is 1. The lowest BCUT2D eigenvalue weighted by atomic mass is 10.1. The summed E-state index contributed by atoms with van der Waals surface area (Å²) < 4.78 is 0. The number of piperidine rings is 1. The Morgan fingerprint density at radius 2 is 1.46 bits per heavy atom. The Labute approximate surface area is 144 Å². The molecule has 4 nitrogen and oxygen atoms in total. The second-order valence-corrected chi connectivity index (χ2v) is 5.75. The van der Waals surface area contributed by atoms with Gasteiger partial charge < -0.3 is 10.8 Å². The van der Waals surface area contributed by atoms with E-state index in [9.17, 15) is 5.11 Å². The van der Waals surface area contributed by atoms with E-state index in [1.807, 2.05) is 53.5 Å². The molecule has 0 atom stereocenters. The highest BCUT2D eigenvalue weighted by molar-refractivity contribution is 5.57. The van der Waals surface area contributed by atoms with Crippen molar-refractivity contribution in [1.82, 2.24) is 5.01 Å². The van der Waals surface area contributed by atoms with Crippen molar-refractivity contribution < 1.29 is 5.11 Å². The summed E-state index contributed by atoms with van der Waals surface area (Å²) in [5.74, 6) is 11.5. The lowest BCUT2D eigenvalue weighted by molar-refractivity contribution is 0.235. The SMILES string of the molecule is NN1CCCCC1.Nc1ccccc1C#Cc1ccccc1CO. The third-order valence-electron chi connectivity index (χ3n) is 3.87. The van der Waals surface area contributed by atoms with Crippen molar-refractivity contribution in [2.75, 3.05) is 18.8 Å². The lowest BCUT2D eigenvalue weighted by Gasteiger charge is -2.20. The van der Waals surface area contributed by atoms with Crippen LogP contribution in [0.4, 0.5) is 5.69 Å². The number of anilines is 1. The van der Waals surface area contributed by atoms with E-state index in [1.54, 1.807) is 0 Å². The van der Waals surface area contributed by atoms with E-state index in [2.05, 4.69) is 11.8 Å². The minimum absolute atomic E-state index is 0.00484. The summed E-state index contributed by atoms with van der Waals surface area (Å²) >= 11 is 0. The highest BCUT2D eigenvalue weighted by Gasteiger charge is 2.03. The molecule has 24 heavy (non-hydrogen) atoms. The van der Waals surface area contributed by atoms with Gasteiger partial charge in [0.1, 0.15) is 0 Å². The molecule has 0 unspecified atom stereocenters. The second-order valence-electron chi connectivity index (χ2n) is 5.75. The van der Waals surface area contributed by atoms with Crippen molar-refractivity contribution in [2.24, 2.45) is 5.84 Å². The fraction of sp³-hybridized carbons (Fsp3) is 0.300. The van der Waals surface area contributed by atoms with Gasteiger partial charge in [0.2, 0.25) is 0 Å². The largest absolute Gasteiger partial charge is 0.398 e. The number of rotatable bonds is 1. The maximum Gasteiger partial charge on any atom is 0.0694 e. The van der Waals surface area contributed by atoms with Gasteiger partial charge >= 0.3 is 0 Å². The van der Waals surface area contributed by atoms with Gasteiger partial charge in [-0.2, -0.15) is 0 Å². The summed E-state index contributed by atoms with van der Waals surface area (Å²) in [5.41, 5.74) is 8.94. The number of hydrogen-bond donors (Lipinski definition) is 3. The number of nitrogens with two attached hydrogens (primary N) is 2. The summed E-state index contributed by atoms with van der Waals surface area (Å²) in [6.07, 6.45) is 3.95. The van der Waals surface area contributed by atoms with Crippen LogP contribution in [0.3, 0.4) is 0 Å². The summed E-state index contributed by atoms with van der Waals surface area (Å²) in [6, 6.07) is 15.0. The fourth-order valence-electron chi connectivity index (χ4n) is 2.44. The average molecular weight is 323 g/mol. The first-order valence-corrected chi connectivity index (χ1v) is 8.25. The molecule has 2 aromatic carbocycles. The molecule has 0 bridgehead atoms. The number of nitrogen functional groups attached to an aromatic ring is 1. The van der Waals surface area contributed by atoms with Gasteiger partial charge in [-0.25, -0.2) is 5.01 Å². The van der Waals surface area contributed by atoms with Gasteiger partial charge in [-0.15, -0.1) is 0 Å². The van der Waals surface area contributed by atoms with Crippen LogP contribution in [0, 0.1) is 11.8 Å². The maximum atomic E-state index is 9.18. The van der Waals surface area contributed by atoms with Crippen LogP contribution in [0.25, 0.3) is 0 Å². The molecule has 0 radical (unpaired) electrons. The number of nitrogens with zero attached hydrogens (tertiary/aromatic N) is 1. The smallest absolute Gasteiger partial charge is 0.0694 e. The minimum Gasteiger partial charge on any atom is -0.398 e. The Hall–Kier alpha value is -2.32. The van der Waals surface area contributed by atoms with Crippen LogP contribution in [0.15, 0.2) is 48.5 Å². The first kappa shape index (κ1) is 18.0. The van der Waals surface area contributed by atoms with Gasteiger partial charge in [0.25, 0.3) is 0 Å². The standard InChI is InChI=1S/C15H13NO.C5H12N2/c16-15-8-4-3-6-13(15)10-9-12-5-1-2-7-14(12)11-17;6-7-4-2-1-3-5-7/h1-8,17H,11,16H2;1-6H2. The normalized spacial score (nSPS) is 14.1. The van der Waals surface area contributed by atoms with Crippen LogP contribution in [0.1, 0.15) is 36.0 Å². The van der Waals surface area contributed by atoms with Gasteiger partial charge in [0, 0.05) is 29.9 Å². The summed E-state index contributed by atoms with van der Waals surface area (Å²) in [5, 5.41) is 11.1. The van der Waals surface area contributed by atoms with E-state index < -0.39 is 0 Å². The molecule has 126 valence electrons. The van der Waals surface area contributed by atoms with Crippen LogP contribution < -0.4 is 11.6 Å². The van der Waals surface area contributed by atoms with Crippen LogP contribution in [-0.4, -0.2) is 23.2 Å². The average Bonchev–Trinajstić information content (AvgIpc) is 2.62. The molecule has 3 rings (SSSR count). The zero-order chi connectivity index (χ0) is 17.2. The van der Waals surface area contributed by atoms with E-state index in [4.69, 9.17) is 11.6 Å². The molecule has 0 spiro atoms. The molecule has 0 aliphatic carbocycles. The zero-order valence-corrected chi connectivity index (χ0v) is 13.9. The molecule has 0 saturated carbocycles. The van der Waals surface area contributed by atoms with Crippen LogP contribution >= 0.6 is 0 Å².